The van der Waals surface area contributed by atoms with E-state index in [4.69, 9.17) is 5.73 Å². The van der Waals surface area contributed by atoms with Crippen LogP contribution in [0.25, 0.3) is 11.1 Å². The molecule has 0 bridgehead atoms. The fraction of sp³-hybridized carbons (Fsp3) is 0.500. The lowest BCUT2D eigenvalue weighted by molar-refractivity contribution is 0.420. The van der Waals surface area contributed by atoms with Crippen LogP contribution in [0.5, 0.6) is 0 Å². The van der Waals surface area contributed by atoms with Crippen LogP contribution >= 0.6 is 0 Å². The summed E-state index contributed by atoms with van der Waals surface area (Å²) < 4.78 is 25.3. The summed E-state index contributed by atoms with van der Waals surface area (Å²) in [7, 11) is -3.32. The Morgan fingerprint density at radius 1 is 1.15 bits per heavy atom. The quantitative estimate of drug-likeness (QED) is 0.776. The van der Waals surface area contributed by atoms with Crippen molar-refractivity contribution in [2.24, 2.45) is 0 Å². The zero-order chi connectivity index (χ0) is 19.8. The molecule has 0 atom stereocenters. The van der Waals surface area contributed by atoms with Crippen LogP contribution in [0.15, 0.2) is 29.3 Å². The van der Waals surface area contributed by atoms with Crippen LogP contribution in [0.4, 0.5) is 11.8 Å². The second-order valence-corrected chi connectivity index (χ2v) is 10.3. The highest BCUT2D eigenvalue weighted by Gasteiger charge is 2.27. The summed E-state index contributed by atoms with van der Waals surface area (Å²) in [6, 6.07) is 5.63. The van der Waals surface area contributed by atoms with E-state index in [0.717, 1.165) is 29.5 Å². The number of benzene rings is 1. The zero-order valence-electron chi connectivity index (χ0n) is 16.4. The number of sulfone groups is 1. The van der Waals surface area contributed by atoms with Crippen molar-refractivity contribution in [3.8, 4) is 11.1 Å². The summed E-state index contributed by atoms with van der Waals surface area (Å²) in [6.07, 6.45) is 5.03. The summed E-state index contributed by atoms with van der Waals surface area (Å²) in [5.41, 5.74) is 8.68. The summed E-state index contributed by atoms with van der Waals surface area (Å²) in [5.74, 6) is 1.26. The van der Waals surface area contributed by atoms with E-state index in [0.29, 0.717) is 16.6 Å². The Labute approximate surface area is 161 Å². The van der Waals surface area contributed by atoms with Crippen molar-refractivity contribution < 1.29 is 8.42 Å². The molecule has 27 heavy (non-hydrogen) atoms. The Bertz CT molecular complexity index is 935. The Hall–Kier alpha value is -2.15. The highest BCUT2D eigenvalue weighted by molar-refractivity contribution is 7.92. The topological polar surface area (TPSA) is 98.0 Å². The molecule has 146 valence electrons. The molecule has 1 saturated carbocycles. The second-order valence-electron chi connectivity index (χ2n) is 7.76. The number of hydrogen-bond acceptors (Lipinski definition) is 6. The van der Waals surface area contributed by atoms with Gasteiger partial charge in [-0.05, 0) is 69.7 Å². The van der Waals surface area contributed by atoms with E-state index in [1.807, 2.05) is 26.0 Å². The van der Waals surface area contributed by atoms with Gasteiger partial charge in [0.1, 0.15) is 5.82 Å². The molecule has 7 heteroatoms. The fourth-order valence-electron chi connectivity index (χ4n) is 3.27. The molecule has 0 unspecified atom stereocenters. The number of nitrogens with two attached hydrogens (primary N) is 1. The molecule has 1 fully saturated rings. The predicted octanol–water partition coefficient (Wildman–Crippen LogP) is 4.00. The minimum atomic E-state index is -3.32. The third-order valence-corrected chi connectivity index (χ3v) is 7.19. The molecule has 0 saturated heterocycles. The van der Waals surface area contributed by atoms with Crippen molar-refractivity contribution in [2.45, 2.75) is 69.1 Å². The van der Waals surface area contributed by atoms with Crippen LogP contribution in [0, 0.1) is 0 Å². The minimum absolute atomic E-state index is 0.186. The smallest absolute Gasteiger partial charge is 0.221 e. The Balaban J connectivity index is 2.16. The molecule has 0 aliphatic heterocycles. The van der Waals surface area contributed by atoms with Gasteiger partial charge in [-0.3, -0.25) is 0 Å². The molecule has 0 radical (unpaired) electrons. The fourth-order valence-corrected chi connectivity index (χ4v) is 4.36. The first kappa shape index (κ1) is 19.6. The average Bonchev–Trinajstić information content (AvgIpc) is 2.53. The van der Waals surface area contributed by atoms with E-state index in [1.54, 1.807) is 26.1 Å². The van der Waals surface area contributed by atoms with E-state index >= 15 is 0 Å². The van der Waals surface area contributed by atoms with Crippen molar-refractivity contribution in [3.63, 3.8) is 0 Å². The Morgan fingerprint density at radius 3 is 2.41 bits per heavy atom. The Morgan fingerprint density at radius 2 is 1.85 bits per heavy atom. The molecule has 1 heterocycles. The van der Waals surface area contributed by atoms with E-state index in [-0.39, 0.29) is 12.0 Å². The molecule has 1 aromatic heterocycles. The molecular weight excluding hydrogens is 360 g/mol. The Kier molecular flexibility index (Phi) is 5.42. The maximum atomic E-state index is 12.7. The molecule has 0 amide bonds. The second kappa shape index (κ2) is 7.46. The molecule has 1 aliphatic carbocycles. The monoisotopic (exact) mass is 388 g/mol. The number of nitrogens with one attached hydrogen (secondary N) is 1. The molecule has 2 aromatic rings. The number of nitrogen functional groups attached to an aromatic ring is 1. The molecule has 1 aromatic carbocycles. The van der Waals surface area contributed by atoms with Crippen LogP contribution in [-0.2, 0) is 9.84 Å². The number of rotatable bonds is 6. The molecule has 3 N–H and O–H groups in total. The number of nitrogens with zero attached hydrogens (tertiary/aromatic N) is 2. The third kappa shape index (κ3) is 3.93. The molecular formula is C20H28N4O2S. The first-order valence-electron chi connectivity index (χ1n) is 9.47. The minimum Gasteiger partial charge on any atom is -0.368 e. The summed E-state index contributed by atoms with van der Waals surface area (Å²) >= 11 is 0. The van der Waals surface area contributed by atoms with Crippen molar-refractivity contribution in [2.75, 3.05) is 11.1 Å². The van der Waals surface area contributed by atoms with Crippen LogP contribution < -0.4 is 11.1 Å². The van der Waals surface area contributed by atoms with Gasteiger partial charge in [-0.15, -0.1) is 0 Å². The van der Waals surface area contributed by atoms with E-state index in [9.17, 15) is 8.42 Å². The van der Waals surface area contributed by atoms with Crippen LogP contribution in [0.2, 0.25) is 0 Å². The normalized spacial score (nSPS) is 15.2. The summed E-state index contributed by atoms with van der Waals surface area (Å²) in [6.45, 7) is 7.50. The first-order chi connectivity index (χ1) is 12.7. The SMILES string of the molecule is CC(C)Nc1nc(N)ncc1-c1ccc(S(=O)(=O)C(C)C)cc1C1CCC1. The molecule has 0 spiro atoms. The van der Waals surface area contributed by atoms with Gasteiger partial charge in [0.2, 0.25) is 5.95 Å². The van der Waals surface area contributed by atoms with Gasteiger partial charge in [0.15, 0.2) is 9.84 Å². The predicted molar refractivity (Wildman–Crippen MR) is 110 cm³/mol. The van der Waals surface area contributed by atoms with Crippen LogP contribution in [0.3, 0.4) is 0 Å². The van der Waals surface area contributed by atoms with Gasteiger partial charge in [0, 0.05) is 17.8 Å². The average molecular weight is 389 g/mol. The lowest BCUT2D eigenvalue weighted by Crippen LogP contribution is -2.17. The van der Waals surface area contributed by atoms with Gasteiger partial charge in [0.25, 0.3) is 0 Å². The van der Waals surface area contributed by atoms with Crippen molar-refractivity contribution in [1.82, 2.24) is 9.97 Å². The van der Waals surface area contributed by atoms with E-state index in [1.165, 1.54) is 6.42 Å². The highest BCUT2D eigenvalue weighted by atomic mass is 32.2. The summed E-state index contributed by atoms with van der Waals surface area (Å²) in [4.78, 5) is 8.93. The molecule has 6 nitrogen and oxygen atoms in total. The van der Waals surface area contributed by atoms with Gasteiger partial charge >= 0.3 is 0 Å². The first-order valence-corrected chi connectivity index (χ1v) is 11.0. The van der Waals surface area contributed by atoms with E-state index < -0.39 is 15.1 Å². The van der Waals surface area contributed by atoms with Crippen LogP contribution in [-0.4, -0.2) is 29.7 Å². The lowest BCUT2D eigenvalue weighted by atomic mass is 9.77. The zero-order valence-corrected chi connectivity index (χ0v) is 17.2. The van der Waals surface area contributed by atoms with Crippen molar-refractivity contribution in [1.29, 1.82) is 0 Å². The highest BCUT2D eigenvalue weighted by Crippen LogP contribution is 2.43. The van der Waals surface area contributed by atoms with E-state index in [2.05, 4.69) is 15.3 Å². The number of aromatic nitrogens is 2. The largest absolute Gasteiger partial charge is 0.368 e. The number of anilines is 2. The third-order valence-electron chi connectivity index (χ3n) is 5.04. The lowest BCUT2D eigenvalue weighted by Gasteiger charge is -2.29. The van der Waals surface area contributed by atoms with Gasteiger partial charge in [-0.1, -0.05) is 12.5 Å². The number of hydrogen-bond donors (Lipinski definition) is 2. The molecule has 3 rings (SSSR count). The van der Waals surface area contributed by atoms with Gasteiger partial charge in [-0.2, -0.15) is 4.98 Å². The maximum Gasteiger partial charge on any atom is 0.221 e. The summed E-state index contributed by atoms with van der Waals surface area (Å²) in [5, 5.41) is 2.88. The van der Waals surface area contributed by atoms with Crippen molar-refractivity contribution in [3.05, 3.63) is 30.0 Å². The van der Waals surface area contributed by atoms with Crippen molar-refractivity contribution >= 4 is 21.6 Å². The van der Waals surface area contributed by atoms with Crippen LogP contribution in [0.1, 0.15) is 58.4 Å². The van der Waals surface area contributed by atoms with Gasteiger partial charge in [0.05, 0.1) is 10.1 Å². The molecule has 1 aliphatic rings. The standard InChI is InChI=1S/C20H28N4O2S/c1-12(2)23-19-18(11-22-20(21)24-19)16-9-8-15(27(25,26)13(3)4)10-17(16)14-6-5-7-14/h8-14H,5-7H2,1-4H3,(H3,21,22,23,24). The van der Waals surface area contributed by atoms with Gasteiger partial charge in [-0.25, -0.2) is 13.4 Å². The maximum absolute atomic E-state index is 12.7. The van der Waals surface area contributed by atoms with Gasteiger partial charge < -0.3 is 11.1 Å².